The molecule has 0 unspecified atom stereocenters. The molecule has 14 heavy (non-hydrogen) atoms. The lowest BCUT2D eigenvalue weighted by molar-refractivity contribution is -0.139. The van der Waals surface area contributed by atoms with Gasteiger partial charge in [-0.15, -0.1) is 0 Å². The summed E-state index contributed by atoms with van der Waals surface area (Å²) in [4.78, 5) is 14.6. The maximum atomic E-state index is 10.7. The highest BCUT2D eigenvalue weighted by Gasteiger charge is 2.14. The Morgan fingerprint density at radius 2 is 2.43 bits per heavy atom. The number of aliphatic carboxylic acids is 1. The first-order chi connectivity index (χ1) is 6.24. The molecule has 1 atom stereocenters. The molecule has 0 aliphatic heterocycles. The Bertz CT molecular complexity index is 279. The van der Waals surface area contributed by atoms with Crippen molar-refractivity contribution in [1.29, 1.82) is 0 Å². The SMILES string of the molecule is CN[C@@H](Cc1cccnc1)C(=O)O.S. The zero-order valence-electron chi connectivity index (χ0n) is 7.90. The second-order valence-corrected chi connectivity index (χ2v) is 2.74. The standard InChI is InChI=1S/C9H12N2O2.H2S/c1-10-8(9(12)13)5-7-3-2-4-11-6-7;/h2-4,6,8,10H,5H2,1H3,(H,12,13);1H2/t8-;/m0./s1. The fourth-order valence-corrected chi connectivity index (χ4v) is 1.07. The summed E-state index contributed by atoms with van der Waals surface area (Å²) in [5, 5.41) is 11.5. The van der Waals surface area contributed by atoms with E-state index in [0.717, 1.165) is 5.56 Å². The van der Waals surface area contributed by atoms with Crippen LogP contribution in [0.4, 0.5) is 0 Å². The Kier molecular flexibility index (Phi) is 5.91. The average molecular weight is 214 g/mol. The lowest BCUT2D eigenvalue weighted by atomic mass is 10.1. The Hall–Kier alpha value is -1.07. The number of hydrogen-bond acceptors (Lipinski definition) is 3. The van der Waals surface area contributed by atoms with Gasteiger partial charge in [-0.3, -0.25) is 9.78 Å². The number of nitrogens with one attached hydrogen (secondary N) is 1. The van der Waals surface area contributed by atoms with Crippen molar-refractivity contribution in [3.63, 3.8) is 0 Å². The summed E-state index contributed by atoms with van der Waals surface area (Å²) in [5.41, 5.74) is 0.921. The van der Waals surface area contributed by atoms with E-state index in [1.54, 1.807) is 25.5 Å². The van der Waals surface area contributed by atoms with Crippen LogP contribution in [0.2, 0.25) is 0 Å². The minimum Gasteiger partial charge on any atom is -0.480 e. The lowest BCUT2D eigenvalue weighted by Crippen LogP contribution is -2.35. The number of hydrogen-bond donors (Lipinski definition) is 2. The van der Waals surface area contributed by atoms with Crippen LogP contribution < -0.4 is 5.32 Å². The summed E-state index contributed by atoms with van der Waals surface area (Å²) in [6.07, 6.45) is 3.80. The molecule has 1 heterocycles. The molecule has 78 valence electrons. The Morgan fingerprint density at radius 3 is 2.86 bits per heavy atom. The lowest BCUT2D eigenvalue weighted by Gasteiger charge is -2.09. The van der Waals surface area contributed by atoms with Gasteiger partial charge in [0, 0.05) is 12.4 Å². The number of carbonyl (C=O) groups is 1. The van der Waals surface area contributed by atoms with Gasteiger partial charge in [0.2, 0.25) is 0 Å². The van der Waals surface area contributed by atoms with Crippen molar-refractivity contribution in [1.82, 2.24) is 10.3 Å². The van der Waals surface area contributed by atoms with Crippen LogP contribution in [0.25, 0.3) is 0 Å². The Balaban J connectivity index is 0.00000169. The molecule has 0 amide bonds. The second kappa shape index (κ2) is 6.39. The van der Waals surface area contributed by atoms with Gasteiger partial charge in [-0.2, -0.15) is 13.5 Å². The normalized spacial score (nSPS) is 11.5. The molecule has 0 aliphatic carbocycles. The van der Waals surface area contributed by atoms with Crippen molar-refractivity contribution in [2.24, 2.45) is 0 Å². The van der Waals surface area contributed by atoms with Crippen LogP contribution >= 0.6 is 13.5 Å². The van der Waals surface area contributed by atoms with E-state index in [1.807, 2.05) is 6.07 Å². The van der Waals surface area contributed by atoms with E-state index in [4.69, 9.17) is 5.11 Å². The molecule has 2 N–H and O–H groups in total. The first-order valence-electron chi connectivity index (χ1n) is 4.03. The van der Waals surface area contributed by atoms with E-state index in [9.17, 15) is 4.79 Å². The molecular formula is C9H14N2O2S. The highest BCUT2D eigenvalue weighted by atomic mass is 32.1. The molecule has 0 spiro atoms. The number of carboxylic acids is 1. The van der Waals surface area contributed by atoms with Crippen LogP contribution in [0, 0.1) is 0 Å². The Morgan fingerprint density at radius 1 is 1.71 bits per heavy atom. The van der Waals surface area contributed by atoms with Crippen molar-refractivity contribution < 1.29 is 9.90 Å². The molecule has 0 saturated carbocycles. The number of nitrogens with zero attached hydrogens (tertiary/aromatic N) is 1. The molecule has 1 aromatic rings. The van der Waals surface area contributed by atoms with Gasteiger partial charge < -0.3 is 10.4 Å². The molecule has 1 aromatic heterocycles. The molecule has 0 aromatic carbocycles. The highest BCUT2D eigenvalue weighted by molar-refractivity contribution is 7.59. The summed E-state index contributed by atoms with van der Waals surface area (Å²) in [5.74, 6) is -0.841. The van der Waals surface area contributed by atoms with Crippen LogP contribution in [0.1, 0.15) is 5.56 Å². The number of carboxylic acid groups (broad SMARTS) is 1. The predicted octanol–water partition coefficient (Wildman–Crippen LogP) is 0.410. The van der Waals surface area contributed by atoms with E-state index in [2.05, 4.69) is 10.3 Å². The number of aromatic nitrogens is 1. The molecule has 0 saturated heterocycles. The smallest absolute Gasteiger partial charge is 0.321 e. The van der Waals surface area contributed by atoms with E-state index in [1.165, 1.54) is 0 Å². The average Bonchev–Trinajstić information content (AvgIpc) is 2.15. The third-order valence-corrected chi connectivity index (χ3v) is 1.81. The fraction of sp³-hybridized carbons (Fsp3) is 0.333. The summed E-state index contributed by atoms with van der Waals surface area (Å²) >= 11 is 0. The van der Waals surface area contributed by atoms with Gasteiger partial charge in [0.25, 0.3) is 0 Å². The minimum absolute atomic E-state index is 0. The van der Waals surface area contributed by atoms with E-state index < -0.39 is 12.0 Å². The molecule has 0 bridgehead atoms. The largest absolute Gasteiger partial charge is 0.480 e. The molecule has 0 aliphatic rings. The van der Waals surface area contributed by atoms with Crippen molar-refractivity contribution in [2.75, 3.05) is 7.05 Å². The van der Waals surface area contributed by atoms with Crippen molar-refractivity contribution in [3.8, 4) is 0 Å². The van der Waals surface area contributed by atoms with Crippen molar-refractivity contribution >= 4 is 19.5 Å². The molecule has 0 radical (unpaired) electrons. The first kappa shape index (κ1) is 12.9. The van der Waals surface area contributed by atoms with E-state index >= 15 is 0 Å². The summed E-state index contributed by atoms with van der Waals surface area (Å²) in [6, 6.07) is 3.12. The molecule has 0 fully saturated rings. The second-order valence-electron chi connectivity index (χ2n) is 2.74. The summed E-state index contributed by atoms with van der Waals surface area (Å²) < 4.78 is 0. The Labute approximate surface area is 89.8 Å². The quantitative estimate of drug-likeness (QED) is 0.762. The monoisotopic (exact) mass is 214 g/mol. The van der Waals surface area contributed by atoms with E-state index in [0.29, 0.717) is 6.42 Å². The predicted molar refractivity (Wildman–Crippen MR) is 58.8 cm³/mol. The van der Waals surface area contributed by atoms with Gasteiger partial charge in [-0.1, -0.05) is 6.07 Å². The van der Waals surface area contributed by atoms with Crippen LogP contribution in [0.3, 0.4) is 0 Å². The maximum Gasteiger partial charge on any atom is 0.321 e. The maximum absolute atomic E-state index is 10.7. The molecular weight excluding hydrogens is 200 g/mol. The van der Waals surface area contributed by atoms with Gasteiger partial charge >= 0.3 is 5.97 Å². The van der Waals surface area contributed by atoms with Crippen LogP contribution in [0.5, 0.6) is 0 Å². The number of pyridine rings is 1. The zero-order valence-corrected chi connectivity index (χ0v) is 8.90. The first-order valence-corrected chi connectivity index (χ1v) is 4.03. The summed E-state index contributed by atoms with van der Waals surface area (Å²) in [6.45, 7) is 0. The zero-order chi connectivity index (χ0) is 9.68. The van der Waals surface area contributed by atoms with Gasteiger partial charge in [-0.05, 0) is 25.1 Å². The van der Waals surface area contributed by atoms with Gasteiger partial charge in [0.15, 0.2) is 0 Å². The number of rotatable bonds is 4. The third-order valence-electron chi connectivity index (χ3n) is 1.81. The molecule has 5 heteroatoms. The van der Waals surface area contributed by atoms with Crippen molar-refractivity contribution in [3.05, 3.63) is 30.1 Å². The minimum atomic E-state index is -0.841. The van der Waals surface area contributed by atoms with Gasteiger partial charge in [-0.25, -0.2) is 0 Å². The number of likely N-dealkylation sites (N-methyl/N-ethyl adjacent to an activating group) is 1. The molecule has 1 rings (SSSR count). The summed E-state index contributed by atoms with van der Waals surface area (Å²) in [7, 11) is 1.63. The van der Waals surface area contributed by atoms with Gasteiger partial charge in [0.05, 0.1) is 0 Å². The third kappa shape index (κ3) is 3.76. The van der Waals surface area contributed by atoms with Gasteiger partial charge in [0.1, 0.15) is 6.04 Å². The highest BCUT2D eigenvalue weighted by Crippen LogP contribution is 2.00. The van der Waals surface area contributed by atoms with Crippen molar-refractivity contribution in [2.45, 2.75) is 12.5 Å². The van der Waals surface area contributed by atoms with Crippen LogP contribution in [-0.4, -0.2) is 29.1 Å². The fourth-order valence-electron chi connectivity index (χ4n) is 1.07. The topological polar surface area (TPSA) is 62.2 Å². The van der Waals surface area contributed by atoms with Crippen LogP contribution in [-0.2, 0) is 11.2 Å². The van der Waals surface area contributed by atoms with Crippen LogP contribution in [0.15, 0.2) is 24.5 Å². The molecule has 4 nitrogen and oxygen atoms in total. The van der Waals surface area contributed by atoms with E-state index in [-0.39, 0.29) is 13.5 Å².